The van der Waals surface area contributed by atoms with Crippen molar-refractivity contribution in [1.82, 2.24) is 14.9 Å². The Labute approximate surface area is 182 Å². The van der Waals surface area contributed by atoms with Crippen LogP contribution in [0.1, 0.15) is 12.0 Å². The minimum atomic E-state index is -0.00867. The van der Waals surface area contributed by atoms with Gasteiger partial charge in [0.2, 0.25) is 5.91 Å². The maximum atomic E-state index is 13.2. The van der Waals surface area contributed by atoms with Gasteiger partial charge in [0.05, 0.1) is 0 Å². The lowest BCUT2D eigenvalue weighted by Crippen LogP contribution is -2.45. The molecule has 1 unspecified atom stereocenters. The number of oxazole rings is 1. The van der Waals surface area contributed by atoms with Crippen LogP contribution < -0.4 is 9.80 Å². The lowest BCUT2D eigenvalue weighted by molar-refractivity contribution is -0.120. The van der Waals surface area contributed by atoms with Crippen molar-refractivity contribution in [2.75, 3.05) is 49.6 Å². The predicted molar refractivity (Wildman–Crippen MR) is 120 cm³/mol. The molecule has 1 amide bonds. The predicted octanol–water partition coefficient (Wildman–Crippen LogP) is 3.08. The first-order valence-corrected chi connectivity index (χ1v) is 10.9. The van der Waals surface area contributed by atoms with Crippen molar-refractivity contribution in [1.29, 1.82) is 0 Å². The number of amides is 1. The third-order valence-corrected chi connectivity index (χ3v) is 6.36. The minimum Gasteiger partial charge on any atom is -0.451 e. The Kier molecular flexibility index (Phi) is 5.42. The van der Waals surface area contributed by atoms with E-state index in [4.69, 9.17) is 4.42 Å². The second-order valence-electron chi connectivity index (χ2n) is 8.38. The van der Waals surface area contributed by atoms with Gasteiger partial charge in [-0.15, -0.1) is 0 Å². The molecule has 7 heteroatoms. The first-order chi connectivity index (χ1) is 15.2. The molecule has 7 nitrogen and oxygen atoms in total. The Morgan fingerprint density at radius 2 is 1.84 bits per heavy atom. The van der Waals surface area contributed by atoms with Gasteiger partial charge in [0, 0.05) is 56.1 Å². The highest BCUT2D eigenvalue weighted by Gasteiger charge is 2.33. The van der Waals surface area contributed by atoms with E-state index in [1.54, 1.807) is 6.26 Å². The number of nitrogens with zero attached hydrogens (tertiary/aromatic N) is 5. The number of carbonyl (C=O) groups excluding carboxylic acids is 1. The normalized spacial score (nSPS) is 19.9. The smallest absolute Gasteiger partial charge is 0.230 e. The quantitative estimate of drug-likeness (QED) is 0.636. The molecule has 2 aliphatic rings. The Morgan fingerprint density at radius 1 is 1.03 bits per heavy atom. The summed E-state index contributed by atoms with van der Waals surface area (Å²) in [7, 11) is 2.15. The molecule has 0 saturated carbocycles. The molecule has 0 radical (unpaired) electrons. The second kappa shape index (κ2) is 8.51. The molecule has 2 aliphatic heterocycles. The molecule has 31 heavy (non-hydrogen) atoms. The van der Waals surface area contributed by atoms with Crippen molar-refractivity contribution in [2.24, 2.45) is 5.92 Å². The standard InChI is InChI=1S/C24H27N5O2/c1-27-11-13-28(14-12-27)23-19(3-2-9-25-23)15-20-8-10-29(24(20)30)21-6-4-18(5-7-21)22-16-31-17-26-22/h2-7,9,16-17,20H,8,10-15H2,1H3. The molecule has 1 atom stereocenters. The average molecular weight is 418 g/mol. The van der Waals surface area contributed by atoms with Gasteiger partial charge in [0.1, 0.15) is 17.8 Å². The van der Waals surface area contributed by atoms with Crippen molar-refractivity contribution < 1.29 is 9.21 Å². The van der Waals surface area contributed by atoms with E-state index in [-0.39, 0.29) is 11.8 Å². The topological polar surface area (TPSA) is 65.7 Å². The molecule has 5 rings (SSSR count). The van der Waals surface area contributed by atoms with Crippen LogP contribution in [0.4, 0.5) is 11.5 Å². The number of hydrogen-bond acceptors (Lipinski definition) is 6. The Bertz CT molecular complexity index is 1030. The molecule has 2 fully saturated rings. The highest BCUT2D eigenvalue weighted by Crippen LogP contribution is 2.31. The van der Waals surface area contributed by atoms with Gasteiger partial charge in [-0.25, -0.2) is 9.97 Å². The van der Waals surface area contributed by atoms with E-state index < -0.39 is 0 Å². The number of anilines is 2. The van der Waals surface area contributed by atoms with E-state index in [9.17, 15) is 4.79 Å². The number of rotatable bonds is 5. The molecule has 2 aromatic heterocycles. The van der Waals surface area contributed by atoms with Gasteiger partial charge in [-0.2, -0.15) is 0 Å². The molecule has 0 N–H and O–H groups in total. The van der Waals surface area contributed by atoms with E-state index in [0.717, 1.165) is 68.3 Å². The molecular weight excluding hydrogens is 390 g/mol. The van der Waals surface area contributed by atoms with Crippen molar-refractivity contribution in [3.8, 4) is 11.3 Å². The van der Waals surface area contributed by atoms with E-state index in [2.05, 4.69) is 32.9 Å². The minimum absolute atomic E-state index is 0.00867. The monoisotopic (exact) mass is 417 g/mol. The molecule has 3 aromatic rings. The SMILES string of the molecule is CN1CCN(c2ncccc2CC2CCN(c3ccc(-c4cocn4)cc3)C2=O)CC1. The fraction of sp³-hybridized carbons (Fsp3) is 0.375. The fourth-order valence-electron chi connectivity index (χ4n) is 4.51. The first kappa shape index (κ1) is 19.8. The van der Waals surface area contributed by atoms with Crippen LogP contribution in [0.15, 0.2) is 59.7 Å². The second-order valence-corrected chi connectivity index (χ2v) is 8.38. The Balaban J connectivity index is 1.29. The summed E-state index contributed by atoms with van der Waals surface area (Å²) in [5, 5.41) is 0. The molecule has 2 saturated heterocycles. The van der Waals surface area contributed by atoms with E-state index in [1.807, 2.05) is 41.4 Å². The third-order valence-electron chi connectivity index (χ3n) is 6.36. The highest BCUT2D eigenvalue weighted by atomic mass is 16.3. The van der Waals surface area contributed by atoms with Crippen molar-refractivity contribution in [2.45, 2.75) is 12.8 Å². The summed E-state index contributed by atoms with van der Waals surface area (Å²) in [6.07, 6.45) is 6.50. The lowest BCUT2D eigenvalue weighted by atomic mass is 9.98. The number of pyridine rings is 1. The van der Waals surface area contributed by atoms with Gasteiger partial charge < -0.3 is 19.1 Å². The summed E-state index contributed by atoms with van der Waals surface area (Å²) in [6.45, 7) is 4.77. The molecule has 160 valence electrons. The summed E-state index contributed by atoms with van der Waals surface area (Å²) >= 11 is 0. The number of likely N-dealkylation sites (N-methyl/N-ethyl adjacent to an activating group) is 1. The number of carbonyl (C=O) groups is 1. The zero-order valence-corrected chi connectivity index (χ0v) is 17.8. The van der Waals surface area contributed by atoms with Crippen LogP contribution in [-0.2, 0) is 11.2 Å². The summed E-state index contributed by atoms with van der Waals surface area (Å²) in [6, 6.07) is 12.1. The molecular formula is C24H27N5O2. The molecule has 0 aliphatic carbocycles. The fourth-order valence-corrected chi connectivity index (χ4v) is 4.51. The van der Waals surface area contributed by atoms with Gasteiger partial charge >= 0.3 is 0 Å². The molecule has 4 heterocycles. The number of benzene rings is 1. The first-order valence-electron chi connectivity index (χ1n) is 10.9. The zero-order chi connectivity index (χ0) is 21.2. The van der Waals surface area contributed by atoms with E-state index >= 15 is 0 Å². The maximum Gasteiger partial charge on any atom is 0.230 e. The van der Waals surface area contributed by atoms with Crippen LogP contribution in [0.3, 0.4) is 0 Å². The molecule has 1 aromatic carbocycles. The van der Waals surface area contributed by atoms with E-state index in [0.29, 0.717) is 0 Å². The lowest BCUT2D eigenvalue weighted by Gasteiger charge is -2.34. The van der Waals surface area contributed by atoms with Crippen molar-refractivity contribution >= 4 is 17.4 Å². The maximum absolute atomic E-state index is 13.2. The van der Waals surface area contributed by atoms with Crippen LogP contribution in [0.5, 0.6) is 0 Å². The largest absolute Gasteiger partial charge is 0.451 e. The zero-order valence-electron chi connectivity index (χ0n) is 17.8. The molecule has 0 spiro atoms. The van der Waals surface area contributed by atoms with Crippen LogP contribution in [0.25, 0.3) is 11.3 Å². The summed E-state index contributed by atoms with van der Waals surface area (Å²) < 4.78 is 5.06. The van der Waals surface area contributed by atoms with Gasteiger partial charge in [-0.1, -0.05) is 18.2 Å². The van der Waals surface area contributed by atoms with Gasteiger partial charge in [0.15, 0.2) is 6.39 Å². The van der Waals surface area contributed by atoms with Crippen LogP contribution in [-0.4, -0.2) is 60.5 Å². The molecule has 0 bridgehead atoms. The van der Waals surface area contributed by atoms with Crippen LogP contribution in [0, 0.1) is 5.92 Å². The van der Waals surface area contributed by atoms with Crippen molar-refractivity contribution in [3.05, 3.63) is 60.8 Å². The van der Waals surface area contributed by atoms with Crippen LogP contribution >= 0.6 is 0 Å². The number of hydrogen-bond donors (Lipinski definition) is 0. The van der Waals surface area contributed by atoms with Gasteiger partial charge in [-0.3, -0.25) is 4.79 Å². The Morgan fingerprint density at radius 3 is 2.58 bits per heavy atom. The summed E-state index contributed by atoms with van der Waals surface area (Å²) in [5.74, 6) is 1.23. The van der Waals surface area contributed by atoms with Gasteiger partial charge in [-0.05, 0) is 43.7 Å². The van der Waals surface area contributed by atoms with Crippen LogP contribution in [0.2, 0.25) is 0 Å². The Hall–Kier alpha value is -3.19. The average Bonchev–Trinajstić information content (AvgIpc) is 3.46. The van der Waals surface area contributed by atoms with Gasteiger partial charge in [0.25, 0.3) is 0 Å². The highest BCUT2D eigenvalue weighted by molar-refractivity contribution is 5.97. The van der Waals surface area contributed by atoms with E-state index in [1.165, 1.54) is 12.0 Å². The van der Waals surface area contributed by atoms with Crippen molar-refractivity contribution in [3.63, 3.8) is 0 Å². The third kappa shape index (κ3) is 4.05. The summed E-state index contributed by atoms with van der Waals surface area (Å²) in [5.41, 5.74) is 3.89. The number of aromatic nitrogens is 2. The summed E-state index contributed by atoms with van der Waals surface area (Å²) in [4.78, 5) is 28.7. The number of piperazine rings is 1.